The molecule has 11 rings (SSSR count). The number of nitrogens with zero attached hydrogens (tertiary/aromatic N) is 5. The van der Waals surface area contributed by atoms with E-state index < -0.39 is 0 Å². The molecular weight excluding hydrogens is 647 g/mol. The highest BCUT2D eigenvalue weighted by atomic mass is 32.1. The van der Waals surface area contributed by atoms with Crippen LogP contribution >= 0.6 is 11.3 Å². The predicted octanol–water partition coefficient (Wildman–Crippen LogP) is 11.6. The van der Waals surface area contributed by atoms with Gasteiger partial charge in [0.25, 0.3) is 0 Å². The summed E-state index contributed by atoms with van der Waals surface area (Å²) in [5.74, 6) is 1.88. The van der Waals surface area contributed by atoms with Gasteiger partial charge in [-0.1, -0.05) is 66.7 Å². The van der Waals surface area contributed by atoms with E-state index in [9.17, 15) is 0 Å². The van der Waals surface area contributed by atoms with Crippen molar-refractivity contribution in [2.24, 2.45) is 0 Å². The smallest absolute Gasteiger partial charge is 0.164 e. The van der Waals surface area contributed by atoms with Crippen LogP contribution in [0.1, 0.15) is 0 Å². The molecular formula is C44H25N5OS. The quantitative estimate of drug-likeness (QED) is 0.186. The van der Waals surface area contributed by atoms with Crippen LogP contribution in [0.25, 0.3) is 104 Å². The van der Waals surface area contributed by atoms with Crippen LogP contribution in [0.3, 0.4) is 0 Å². The van der Waals surface area contributed by atoms with Crippen molar-refractivity contribution >= 4 is 75.4 Å². The molecule has 0 spiro atoms. The monoisotopic (exact) mass is 671 g/mol. The van der Waals surface area contributed by atoms with Gasteiger partial charge >= 0.3 is 0 Å². The van der Waals surface area contributed by atoms with Gasteiger partial charge in [-0.2, -0.15) is 0 Å². The Kier molecular flexibility index (Phi) is 6.02. The second kappa shape index (κ2) is 10.9. The molecule has 0 N–H and O–H groups in total. The molecule has 0 radical (unpaired) electrons. The molecule has 0 fully saturated rings. The molecule has 0 bridgehead atoms. The lowest BCUT2D eigenvalue weighted by Crippen LogP contribution is -2.00. The summed E-state index contributed by atoms with van der Waals surface area (Å²) in [4.78, 5) is 19.9. The van der Waals surface area contributed by atoms with Crippen molar-refractivity contribution in [2.45, 2.75) is 0 Å². The summed E-state index contributed by atoms with van der Waals surface area (Å²) < 4.78 is 11.2. The standard InChI is InChI=1S/C44H25N5OS/c1-2-9-26(10-3-1)41-46-42(48-43(47-41)28-17-21-40-35(24-28)32-12-5-7-15-39(32)51-40)27-16-20-37-34(23-27)31-19-18-29(25-38(31)50-37)49-36-14-6-4-11-30(36)33-13-8-22-45-44(33)49/h1-25H. The van der Waals surface area contributed by atoms with Gasteiger partial charge in [-0.3, -0.25) is 4.57 Å². The van der Waals surface area contributed by atoms with Crippen molar-refractivity contribution in [1.29, 1.82) is 0 Å². The Morgan fingerprint density at radius 3 is 2.00 bits per heavy atom. The van der Waals surface area contributed by atoms with E-state index in [2.05, 4.69) is 102 Å². The molecule has 0 aliphatic carbocycles. The molecule has 0 saturated carbocycles. The predicted molar refractivity (Wildman–Crippen MR) is 208 cm³/mol. The molecule has 0 atom stereocenters. The third kappa shape index (κ3) is 4.42. The maximum absolute atomic E-state index is 6.47. The zero-order valence-corrected chi connectivity index (χ0v) is 27.8. The van der Waals surface area contributed by atoms with Crippen molar-refractivity contribution in [3.63, 3.8) is 0 Å². The molecule has 0 amide bonds. The summed E-state index contributed by atoms with van der Waals surface area (Å²) in [6.07, 6.45) is 1.84. The van der Waals surface area contributed by atoms with Gasteiger partial charge < -0.3 is 4.42 Å². The Hall–Kier alpha value is -6.70. The van der Waals surface area contributed by atoms with Gasteiger partial charge in [-0.25, -0.2) is 19.9 Å². The number of aromatic nitrogens is 5. The molecule has 0 unspecified atom stereocenters. The van der Waals surface area contributed by atoms with Crippen LogP contribution in [-0.4, -0.2) is 24.5 Å². The normalized spacial score (nSPS) is 11.9. The van der Waals surface area contributed by atoms with Crippen LogP contribution in [0.4, 0.5) is 0 Å². The lowest BCUT2D eigenvalue weighted by molar-refractivity contribution is 0.668. The Balaban J connectivity index is 1.07. The zero-order chi connectivity index (χ0) is 33.5. The molecule has 11 aromatic rings. The van der Waals surface area contributed by atoms with Crippen molar-refractivity contribution in [2.75, 3.05) is 0 Å². The summed E-state index contributed by atoms with van der Waals surface area (Å²) in [6.45, 7) is 0. The van der Waals surface area contributed by atoms with E-state index in [0.717, 1.165) is 60.9 Å². The number of para-hydroxylation sites is 1. The van der Waals surface area contributed by atoms with Crippen LogP contribution in [0, 0.1) is 0 Å². The molecule has 6 nitrogen and oxygen atoms in total. The molecule has 5 aromatic heterocycles. The third-order valence-corrected chi connectivity index (χ3v) is 10.9. The van der Waals surface area contributed by atoms with Gasteiger partial charge in [0, 0.05) is 70.7 Å². The van der Waals surface area contributed by atoms with Gasteiger partial charge in [0.2, 0.25) is 0 Å². The number of hydrogen-bond donors (Lipinski definition) is 0. The molecule has 7 heteroatoms. The zero-order valence-electron chi connectivity index (χ0n) is 27.0. The van der Waals surface area contributed by atoms with E-state index in [1.807, 2.05) is 54.7 Å². The maximum Gasteiger partial charge on any atom is 0.164 e. The molecule has 238 valence electrons. The Bertz CT molecular complexity index is 3100. The number of fused-ring (bicyclic) bond motifs is 9. The molecule has 5 heterocycles. The Morgan fingerprint density at radius 2 is 1.14 bits per heavy atom. The van der Waals surface area contributed by atoms with Crippen LogP contribution in [-0.2, 0) is 0 Å². The third-order valence-electron chi connectivity index (χ3n) is 9.71. The summed E-state index contributed by atoms with van der Waals surface area (Å²) in [5, 5.41) is 6.77. The lowest BCUT2D eigenvalue weighted by atomic mass is 10.1. The van der Waals surface area contributed by atoms with E-state index in [0.29, 0.717) is 17.5 Å². The van der Waals surface area contributed by atoms with Crippen LogP contribution in [0.15, 0.2) is 156 Å². The minimum atomic E-state index is 0.610. The summed E-state index contributed by atoms with van der Waals surface area (Å²) in [6, 6.07) is 50.2. The first kappa shape index (κ1) is 28.2. The fourth-order valence-electron chi connectivity index (χ4n) is 7.32. The Labute approximate surface area is 294 Å². The van der Waals surface area contributed by atoms with E-state index in [4.69, 9.17) is 24.4 Å². The lowest BCUT2D eigenvalue weighted by Gasteiger charge is -2.09. The van der Waals surface area contributed by atoms with Crippen molar-refractivity contribution < 1.29 is 4.42 Å². The van der Waals surface area contributed by atoms with Crippen LogP contribution in [0.2, 0.25) is 0 Å². The molecule has 6 aromatic carbocycles. The largest absolute Gasteiger partial charge is 0.456 e. The number of rotatable bonds is 4. The van der Waals surface area contributed by atoms with E-state index in [-0.39, 0.29) is 0 Å². The number of furan rings is 1. The molecule has 0 aliphatic rings. The number of thiophene rings is 1. The Morgan fingerprint density at radius 1 is 0.451 bits per heavy atom. The fourth-order valence-corrected chi connectivity index (χ4v) is 8.40. The van der Waals surface area contributed by atoms with E-state index in [1.165, 1.54) is 25.6 Å². The topological polar surface area (TPSA) is 69.6 Å². The second-order valence-corrected chi connectivity index (χ2v) is 13.8. The first-order chi connectivity index (χ1) is 25.2. The first-order valence-corrected chi connectivity index (χ1v) is 17.6. The second-order valence-electron chi connectivity index (χ2n) is 12.7. The molecule has 0 saturated heterocycles. The average molecular weight is 672 g/mol. The van der Waals surface area contributed by atoms with Gasteiger partial charge in [0.15, 0.2) is 17.5 Å². The van der Waals surface area contributed by atoms with Crippen LogP contribution in [0.5, 0.6) is 0 Å². The van der Waals surface area contributed by atoms with Gasteiger partial charge in [-0.15, -0.1) is 11.3 Å². The highest BCUT2D eigenvalue weighted by molar-refractivity contribution is 7.25. The van der Waals surface area contributed by atoms with Crippen molar-refractivity contribution in [1.82, 2.24) is 24.5 Å². The highest BCUT2D eigenvalue weighted by Crippen LogP contribution is 2.38. The maximum atomic E-state index is 6.47. The highest BCUT2D eigenvalue weighted by Gasteiger charge is 2.18. The molecule has 51 heavy (non-hydrogen) atoms. The van der Waals surface area contributed by atoms with Gasteiger partial charge in [-0.05, 0) is 72.8 Å². The van der Waals surface area contributed by atoms with E-state index in [1.54, 1.807) is 11.3 Å². The average Bonchev–Trinajstić information content (AvgIpc) is 3.86. The summed E-state index contributed by atoms with van der Waals surface area (Å²) in [5.41, 5.74) is 7.41. The van der Waals surface area contributed by atoms with E-state index >= 15 is 0 Å². The molecule has 0 aliphatic heterocycles. The van der Waals surface area contributed by atoms with Gasteiger partial charge in [0.05, 0.1) is 11.2 Å². The number of benzene rings is 6. The minimum Gasteiger partial charge on any atom is -0.456 e. The van der Waals surface area contributed by atoms with Gasteiger partial charge in [0.1, 0.15) is 16.8 Å². The van der Waals surface area contributed by atoms with Crippen LogP contribution < -0.4 is 0 Å². The minimum absolute atomic E-state index is 0.610. The number of hydrogen-bond acceptors (Lipinski definition) is 6. The van der Waals surface area contributed by atoms with Crippen molar-refractivity contribution in [3.8, 4) is 39.9 Å². The first-order valence-electron chi connectivity index (χ1n) is 16.8. The fraction of sp³-hybridized carbons (Fsp3) is 0. The van der Waals surface area contributed by atoms with Crippen molar-refractivity contribution in [3.05, 3.63) is 152 Å². The number of pyridine rings is 1. The summed E-state index contributed by atoms with van der Waals surface area (Å²) >= 11 is 1.80. The SMILES string of the molecule is c1ccc(-c2nc(-c3ccc4oc5cc(-n6c7ccccc7c7cccnc76)ccc5c4c3)nc(-c3ccc4sc5ccccc5c4c3)n2)cc1. The summed E-state index contributed by atoms with van der Waals surface area (Å²) in [7, 11) is 0.